The van der Waals surface area contributed by atoms with Crippen molar-refractivity contribution in [3.8, 4) is 0 Å². The molecule has 92 valence electrons. The molecule has 1 aromatic rings. The SMILES string of the molecule is CCc1n[nH]c(=S)n1CCCNS(C)(=O)=O. The quantitative estimate of drug-likeness (QED) is 0.577. The fourth-order valence-corrected chi connectivity index (χ4v) is 2.10. The number of aromatic nitrogens is 3. The summed E-state index contributed by atoms with van der Waals surface area (Å²) in [5.74, 6) is 0.893. The Morgan fingerprint density at radius 3 is 2.81 bits per heavy atom. The van der Waals surface area contributed by atoms with Gasteiger partial charge in [-0.1, -0.05) is 6.92 Å². The second kappa shape index (κ2) is 5.55. The van der Waals surface area contributed by atoms with E-state index in [1.165, 1.54) is 0 Å². The van der Waals surface area contributed by atoms with Crippen molar-refractivity contribution in [2.75, 3.05) is 12.8 Å². The Kier molecular flexibility index (Phi) is 4.63. The van der Waals surface area contributed by atoms with Gasteiger partial charge in [0.2, 0.25) is 10.0 Å². The molecule has 0 atom stereocenters. The molecule has 0 amide bonds. The van der Waals surface area contributed by atoms with Crippen LogP contribution >= 0.6 is 12.2 Å². The van der Waals surface area contributed by atoms with Gasteiger partial charge in [0, 0.05) is 19.5 Å². The first kappa shape index (κ1) is 13.3. The van der Waals surface area contributed by atoms with Crippen LogP contribution in [0.5, 0.6) is 0 Å². The first-order chi connectivity index (χ1) is 7.44. The van der Waals surface area contributed by atoms with Gasteiger partial charge in [0.05, 0.1) is 6.26 Å². The highest BCUT2D eigenvalue weighted by molar-refractivity contribution is 7.88. The van der Waals surface area contributed by atoms with E-state index in [2.05, 4.69) is 14.9 Å². The van der Waals surface area contributed by atoms with E-state index in [9.17, 15) is 8.42 Å². The first-order valence-electron chi connectivity index (χ1n) is 5.02. The van der Waals surface area contributed by atoms with Gasteiger partial charge < -0.3 is 4.57 Å². The van der Waals surface area contributed by atoms with Gasteiger partial charge in [-0.25, -0.2) is 13.1 Å². The molecule has 0 fully saturated rings. The summed E-state index contributed by atoms with van der Waals surface area (Å²) in [6.45, 7) is 3.08. The number of nitrogens with zero attached hydrogens (tertiary/aromatic N) is 2. The van der Waals surface area contributed by atoms with Gasteiger partial charge in [0.25, 0.3) is 0 Å². The summed E-state index contributed by atoms with van der Waals surface area (Å²) >= 11 is 5.07. The zero-order chi connectivity index (χ0) is 12.2. The number of sulfonamides is 1. The van der Waals surface area contributed by atoms with Crippen molar-refractivity contribution in [3.63, 3.8) is 0 Å². The Labute approximate surface area is 100 Å². The van der Waals surface area contributed by atoms with Crippen LogP contribution in [-0.2, 0) is 23.0 Å². The van der Waals surface area contributed by atoms with Crippen LogP contribution < -0.4 is 4.72 Å². The van der Waals surface area contributed by atoms with Gasteiger partial charge >= 0.3 is 0 Å². The summed E-state index contributed by atoms with van der Waals surface area (Å²) in [5, 5.41) is 6.79. The number of H-pyrrole nitrogens is 1. The van der Waals surface area contributed by atoms with Crippen LogP contribution in [0.3, 0.4) is 0 Å². The molecule has 1 aromatic heterocycles. The smallest absolute Gasteiger partial charge is 0.208 e. The zero-order valence-corrected chi connectivity index (χ0v) is 11.0. The molecule has 1 heterocycles. The van der Waals surface area contributed by atoms with E-state index in [4.69, 9.17) is 12.2 Å². The number of aromatic amines is 1. The largest absolute Gasteiger partial charge is 0.304 e. The molecule has 0 aliphatic carbocycles. The number of nitrogens with one attached hydrogen (secondary N) is 2. The Balaban J connectivity index is 2.49. The Morgan fingerprint density at radius 2 is 2.25 bits per heavy atom. The minimum Gasteiger partial charge on any atom is -0.304 e. The van der Waals surface area contributed by atoms with E-state index >= 15 is 0 Å². The van der Waals surface area contributed by atoms with Gasteiger partial charge in [-0.15, -0.1) is 0 Å². The van der Waals surface area contributed by atoms with Crippen molar-refractivity contribution < 1.29 is 8.42 Å². The van der Waals surface area contributed by atoms with Crippen molar-refractivity contribution in [3.05, 3.63) is 10.6 Å². The van der Waals surface area contributed by atoms with E-state index in [-0.39, 0.29) is 0 Å². The van der Waals surface area contributed by atoms with Crippen molar-refractivity contribution in [1.29, 1.82) is 0 Å². The number of hydrogen-bond donors (Lipinski definition) is 2. The van der Waals surface area contributed by atoms with E-state index in [1.807, 2.05) is 11.5 Å². The molecule has 0 bridgehead atoms. The topological polar surface area (TPSA) is 79.8 Å². The third-order valence-electron chi connectivity index (χ3n) is 2.08. The lowest BCUT2D eigenvalue weighted by Crippen LogP contribution is -2.24. The molecule has 0 radical (unpaired) electrons. The van der Waals surface area contributed by atoms with Crippen LogP contribution in [0.15, 0.2) is 0 Å². The average molecular weight is 264 g/mol. The maximum Gasteiger partial charge on any atom is 0.208 e. The highest BCUT2D eigenvalue weighted by Gasteiger charge is 2.04. The maximum absolute atomic E-state index is 10.8. The summed E-state index contributed by atoms with van der Waals surface area (Å²) in [7, 11) is -3.10. The normalized spacial score (nSPS) is 11.9. The predicted octanol–water partition coefficient (Wildman–Crippen LogP) is 0.442. The highest BCUT2D eigenvalue weighted by atomic mass is 32.2. The molecule has 2 N–H and O–H groups in total. The van der Waals surface area contributed by atoms with Crippen LogP contribution in [0.4, 0.5) is 0 Å². The number of hydrogen-bond acceptors (Lipinski definition) is 4. The average Bonchev–Trinajstić information content (AvgIpc) is 2.53. The standard InChI is InChI=1S/C8H16N4O2S2/c1-3-7-10-11-8(15)12(7)6-4-5-9-16(2,13)14/h9H,3-6H2,1-2H3,(H,11,15). The lowest BCUT2D eigenvalue weighted by molar-refractivity contribution is 0.568. The van der Waals surface area contributed by atoms with Crippen LogP contribution in [-0.4, -0.2) is 36.0 Å². The third kappa shape index (κ3) is 4.03. The van der Waals surface area contributed by atoms with Gasteiger partial charge in [0.1, 0.15) is 5.82 Å². The molecule has 0 aliphatic rings. The van der Waals surface area contributed by atoms with Crippen LogP contribution in [0.25, 0.3) is 0 Å². The van der Waals surface area contributed by atoms with E-state index in [0.29, 0.717) is 24.3 Å². The van der Waals surface area contributed by atoms with Crippen LogP contribution in [0.1, 0.15) is 19.2 Å². The first-order valence-corrected chi connectivity index (χ1v) is 7.32. The van der Waals surface area contributed by atoms with Crippen molar-refractivity contribution >= 4 is 22.2 Å². The summed E-state index contributed by atoms with van der Waals surface area (Å²) in [5.41, 5.74) is 0. The second-order valence-corrected chi connectivity index (χ2v) is 5.69. The number of aryl methyl sites for hydroxylation is 1. The van der Waals surface area contributed by atoms with Gasteiger partial charge in [0.15, 0.2) is 4.77 Å². The molecule has 16 heavy (non-hydrogen) atoms. The molecule has 0 aliphatic heterocycles. The highest BCUT2D eigenvalue weighted by Crippen LogP contribution is 2.00. The molecule has 0 saturated heterocycles. The molecular weight excluding hydrogens is 248 g/mol. The predicted molar refractivity (Wildman–Crippen MR) is 64.3 cm³/mol. The second-order valence-electron chi connectivity index (χ2n) is 3.47. The molecular formula is C8H16N4O2S2. The summed E-state index contributed by atoms with van der Waals surface area (Å²) in [6, 6.07) is 0. The van der Waals surface area contributed by atoms with E-state index < -0.39 is 10.0 Å². The Bertz CT molecular complexity index is 488. The van der Waals surface area contributed by atoms with Crippen LogP contribution in [0.2, 0.25) is 0 Å². The van der Waals surface area contributed by atoms with Gasteiger partial charge in [-0.3, -0.25) is 5.10 Å². The lowest BCUT2D eigenvalue weighted by Gasteiger charge is -2.05. The van der Waals surface area contributed by atoms with Crippen molar-refractivity contribution in [1.82, 2.24) is 19.5 Å². The summed E-state index contributed by atoms with van der Waals surface area (Å²) in [6.07, 6.45) is 2.63. The molecule has 0 aromatic carbocycles. The summed E-state index contributed by atoms with van der Waals surface area (Å²) < 4.78 is 26.6. The molecule has 0 spiro atoms. The monoisotopic (exact) mass is 264 g/mol. The minimum atomic E-state index is -3.10. The van der Waals surface area contributed by atoms with Crippen LogP contribution in [0, 0.1) is 4.77 Å². The number of rotatable bonds is 6. The molecule has 0 saturated carbocycles. The third-order valence-corrected chi connectivity index (χ3v) is 3.12. The Morgan fingerprint density at radius 1 is 1.56 bits per heavy atom. The van der Waals surface area contributed by atoms with E-state index in [0.717, 1.165) is 18.5 Å². The van der Waals surface area contributed by atoms with Crippen molar-refractivity contribution in [2.45, 2.75) is 26.3 Å². The molecule has 1 rings (SSSR count). The molecule has 0 unspecified atom stereocenters. The van der Waals surface area contributed by atoms with E-state index in [1.54, 1.807) is 0 Å². The fourth-order valence-electron chi connectivity index (χ4n) is 1.35. The van der Waals surface area contributed by atoms with Crippen molar-refractivity contribution in [2.24, 2.45) is 0 Å². The van der Waals surface area contributed by atoms with Gasteiger partial charge in [-0.2, -0.15) is 5.10 Å². The minimum absolute atomic E-state index is 0.412. The summed E-state index contributed by atoms with van der Waals surface area (Å²) in [4.78, 5) is 0. The molecule has 8 heteroatoms. The zero-order valence-electron chi connectivity index (χ0n) is 9.36. The maximum atomic E-state index is 10.8. The molecule has 6 nitrogen and oxygen atoms in total. The fraction of sp³-hybridized carbons (Fsp3) is 0.750. The lowest BCUT2D eigenvalue weighted by atomic mass is 10.4. The Hall–Kier alpha value is -0.730. The van der Waals surface area contributed by atoms with Gasteiger partial charge in [-0.05, 0) is 18.6 Å².